The molecular weight excluding hydrogens is 1110 g/mol. The van der Waals surface area contributed by atoms with E-state index >= 15 is 0 Å². The minimum atomic E-state index is 0.569. The number of fused-ring (bicyclic) bond motifs is 7. The Morgan fingerprint density at radius 2 is 0.705 bits per heavy atom. The van der Waals surface area contributed by atoms with Crippen molar-refractivity contribution in [3.8, 4) is 107 Å². The van der Waals surface area contributed by atoms with Crippen LogP contribution in [0.3, 0.4) is 0 Å². The lowest BCUT2D eigenvalue weighted by molar-refractivity contribution is 1.07. The molecule has 0 unspecified atom stereocenters. The minimum Gasteiger partial charge on any atom is -0.307 e. The molecule has 0 bridgehead atoms. The summed E-state index contributed by atoms with van der Waals surface area (Å²) in [5, 5.41) is 5.96. The first-order valence-electron chi connectivity index (χ1n) is 29.7. The second-order valence-corrected chi connectivity index (χ2v) is 24.3. The topological polar surface area (TPSA) is 43.6 Å². The molecule has 0 radical (unpaired) electrons. The molecule has 16 rings (SSSR count). The van der Waals surface area contributed by atoms with Gasteiger partial charge in [0.25, 0.3) is 0 Å². The van der Waals surface area contributed by atoms with E-state index in [9.17, 15) is 0 Å². The first-order chi connectivity index (χ1) is 43.6. The molecule has 0 aliphatic carbocycles. The van der Waals surface area contributed by atoms with Crippen molar-refractivity contribution in [1.82, 2.24) is 19.5 Å². The summed E-state index contributed by atoms with van der Waals surface area (Å²) in [7, 11) is 0. The summed E-state index contributed by atoms with van der Waals surface area (Å²) < 4.78 is 6.19. The molecule has 0 saturated heterocycles. The molecule has 88 heavy (non-hydrogen) atoms. The van der Waals surface area contributed by atoms with Crippen molar-refractivity contribution in [3.05, 3.63) is 302 Å². The summed E-state index contributed by atoms with van der Waals surface area (Å²) in [6.07, 6.45) is 6.21. The molecule has 0 amide bonds. The Labute approximate surface area is 518 Å². The molecule has 0 spiro atoms. The van der Waals surface area contributed by atoms with Gasteiger partial charge in [-0.05, 0) is 93.4 Å². The van der Waals surface area contributed by atoms with Crippen LogP contribution in [0, 0.1) is 0 Å². The van der Waals surface area contributed by atoms with Gasteiger partial charge in [-0.15, -0.1) is 22.7 Å². The van der Waals surface area contributed by atoms with E-state index in [1.54, 1.807) is 22.7 Å². The summed E-state index contributed by atoms with van der Waals surface area (Å²) in [6.45, 7) is 6.28. The van der Waals surface area contributed by atoms with Crippen molar-refractivity contribution in [2.45, 2.75) is 6.92 Å². The highest BCUT2D eigenvalue weighted by atomic mass is 32.1. The molecule has 0 saturated carbocycles. The van der Waals surface area contributed by atoms with Crippen molar-refractivity contribution in [1.29, 1.82) is 0 Å². The SMILES string of the molecule is C=Cc1c(/C=C\C)sc2cc(-c3nc(-c4cc(-c5ccccc5)c(-n5c6c(-c7ccccc7)ccc(-c7ccccc7)c6c6c(-c7ccccc7)ccc(-c7ccccc7)c65)c(-c5ccccc5)c4)nc(-c4ccc5c(c4)sc4ccccc45)n3)ccc12. The van der Waals surface area contributed by atoms with Crippen LogP contribution in [0.15, 0.2) is 292 Å². The van der Waals surface area contributed by atoms with Crippen molar-refractivity contribution < 1.29 is 0 Å². The lowest BCUT2D eigenvalue weighted by atomic mass is 9.90. The summed E-state index contributed by atoms with van der Waals surface area (Å²) in [5.74, 6) is 1.76. The number of benzene rings is 12. The summed E-state index contributed by atoms with van der Waals surface area (Å²) in [6, 6.07) is 101. The predicted octanol–water partition coefficient (Wildman–Crippen LogP) is 23.2. The van der Waals surface area contributed by atoms with Gasteiger partial charge in [0.2, 0.25) is 0 Å². The Kier molecular flexibility index (Phi) is 13.3. The number of nitrogens with zero attached hydrogens (tertiary/aromatic N) is 4. The first kappa shape index (κ1) is 52.6. The quantitative estimate of drug-likeness (QED) is 0.122. The highest BCUT2D eigenvalue weighted by Crippen LogP contribution is 2.52. The number of rotatable bonds is 12. The predicted molar refractivity (Wildman–Crippen MR) is 376 cm³/mol. The summed E-state index contributed by atoms with van der Waals surface area (Å²) in [5.41, 5.74) is 20.3. The number of thiophene rings is 2. The van der Waals surface area contributed by atoms with Gasteiger partial charge >= 0.3 is 0 Å². The van der Waals surface area contributed by atoms with Gasteiger partial charge in [0.05, 0.1) is 16.7 Å². The molecule has 0 atom stereocenters. The van der Waals surface area contributed by atoms with E-state index in [2.05, 4.69) is 309 Å². The fourth-order valence-corrected chi connectivity index (χ4v) is 15.3. The molecule has 414 valence electrons. The van der Waals surface area contributed by atoms with Crippen LogP contribution in [-0.2, 0) is 0 Å². The van der Waals surface area contributed by atoms with E-state index in [-0.39, 0.29) is 0 Å². The molecule has 0 aliphatic rings. The van der Waals surface area contributed by atoms with E-state index in [0.717, 1.165) is 116 Å². The number of aromatic nitrogens is 4. The maximum atomic E-state index is 5.59. The maximum Gasteiger partial charge on any atom is 0.164 e. The van der Waals surface area contributed by atoms with E-state index in [1.165, 1.54) is 35.8 Å². The van der Waals surface area contributed by atoms with Gasteiger partial charge in [-0.25, -0.2) is 15.0 Å². The third-order valence-electron chi connectivity index (χ3n) is 17.0. The minimum absolute atomic E-state index is 0.569. The van der Waals surface area contributed by atoms with Crippen LogP contribution < -0.4 is 0 Å². The molecule has 0 N–H and O–H groups in total. The maximum absolute atomic E-state index is 5.59. The zero-order valence-corrected chi connectivity index (χ0v) is 49.7. The third-order valence-corrected chi connectivity index (χ3v) is 19.2. The number of hydrogen-bond donors (Lipinski definition) is 0. The van der Waals surface area contributed by atoms with Crippen LogP contribution in [0.5, 0.6) is 0 Å². The van der Waals surface area contributed by atoms with Gasteiger partial charge in [-0.3, -0.25) is 0 Å². The molecule has 16 aromatic rings. The zero-order valence-electron chi connectivity index (χ0n) is 48.1. The molecule has 12 aromatic carbocycles. The van der Waals surface area contributed by atoms with Crippen LogP contribution in [0.2, 0.25) is 0 Å². The van der Waals surface area contributed by atoms with Gasteiger partial charge < -0.3 is 4.57 Å². The molecule has 0 fully saturated rings. The van der Waals surface area contributed by atoms with Crippen molar-refractivity contribution >= 4 is 86.9 Å². The summed E-state index contributed by atoms with van der Waals surface area (Å²) in [4.78, 5) is 17.8. The van der Waals surface area contributed by atoms with Crippen LogP contribution in [0.4, 0.5) is 0 Å². The van der Waals surface area contributed by atoms with Gasteiger partial charge in [0, 0.05) is 84.9 Å². The average Bonchev–Trinajstić information content (AvgIpc) is 1.63. The van der Waals surface area contributed by atoms with E-state index < -0.39 is 0 Å². The number of hydrogen-bond acceptors (Lipinski definition) is 5. The third kappa shape index (κ3) is 9.08. The molecular formula is C82H54N4S2. The Balaban J connectivity index is 1.06. The van der Waals surface area contributed by atoms with E-state index in [4.69, 9.17) is 15.0 Å². The standard InChI is InChI=1S/C82H54N4S2/c1-3-25-71-61(4-2)67-42-40-58(50-73(67)87-71)80-83-81(59-41-43-68-66-38-23-24-39-72(66)88-74(68)51-59)85-82(84-80)60-48-69(56-34-19-9-20-35-56)77(70(49-60)57-36-21-10-22-37-57)86-78-64(54-30-15-7-16-31-54)46-44-62(52-26-11-5-12-27-52)75(78)76-63(53-28-13-6-14-29-53)45-47-65(79(76)86)55-32-17-8-18-33-55/h3-51H,2H2,1H3/b25-3-. The van der Waals surface area contributed by atoms with Crippen LogP contribution in [0.1, 0.15) is 17.4 Å². The van der Waals surface area contributed by atoms with Crippen LogP contribution in [-0.4, -0.2) is 19.5 Å². The molecule has 6 heteroatoms. The Bertz CT molecular complexity index is 5180. The monoisotopic (exact) mass is 1160 g/mol. The highest BCUT2D eigenvalue weighted by Gasteiger charge is 2.30. The lowest BCUT2D eigenvalue weighted by Crippen LogP contribution is -2.05. The summed E-state index contributed by atoms with van der Waals surface area (Å²) >= 11 is 3.55. The Hall–Kier alpha value is -10.9. The van der Waals surface area contributed by atoms with Gasteiger partial charge in [-0.1, -0.05) is 267 Å². The van der Waals surface area contributed by atoms with Crippen LogP contribution >= 0.6 is 22.7 Å². The second-order valence-electron chi connectivity index (χ2n) is 22.1. The second kappa shape index (κ2) is 22.2. The molecule has 4 nitrogen and oxygen atoms in total. The van der Waals surface area contributed by atoms with Crippen molar-refractivity contribution in [2.75, 3.05) is 0 Å². The smallest absolute Gasteiger partial charge is 0.164 e. The Morgan fingerprint density at radius 3 is 1.16 bits per heavy atom. The molecule has 4 aromatic heterocycles. The lowest BCUT2D eigenvalue weighted by Gasteiger charge is -2.23. The Morgan fingerprint density at radius 1 is 0.330 bits per heavy atom. The van der Waals surface area contributed by atoms with Gasteiger partial charge in [-0.2, -0.15) is 0 Å². The zero-order chi connectivity index (χ0) is 58.7. The molecule has 4 heterocycles. The average molecular weight is 1160 g/mol. The van der Waals surface area contributed by atoms with Crippen molar-refractivity contribution in [2.24, 2.45) is 0 Å². The molecule has 0 aliphatic heterocycles. The van der Waals surface area contributed by atoms with Gasteiger partial charge in [0.15, 0.2) is 17.5 Å². The first-order valence-corrected chi connectivity index (χ1v) is 31.4. The van der Waals surface area contributed by atoms with E-state index in [0.29, 0.717) is 17.5 Å². The van der Waals surface area contributed by atoms with Gasteiger partial charge in [0.1, 0.15) is 0 Å². The fourth-order valence-electron chi connectivity index (χ4n) is 13.0. The highest BCUT2D eigenvalue weighted by molar-refractivity contribution is 7.25. The largest absolute Gasteiger partial charge is 0.307 e. The fraction of sp³-hybridized carbons (Fsp3) is 0.0122. The van der Waals surface area contributed by atoms with Crippen molar-refractivity contribution in [3.63, 3.8) is 0 Å². The van der Waals surface area contributed by atoms with E-state index in [1.807, 2.05) is 6.08 Å². The van der Waals surface area contributed by atoms with Crippen LogP contribution in [0.25, 0.3) is 171 Å². The normalized spacial score (nSPS) is 11.7. The number of allylic oxidation sites excluding steroid dienone is 1.